The summed E-state index contributed by atoms with van der Waals surface area (Å²) in [5.41, 5.74) is 3.05. The topological polar surface area (TPSA) is 36.0 Å². The van der Waals surface area contributed by atoms with Crippen molar-refractivity contribution in [1.82, 2.24) is 14.7 Å². The van der Waals surface area contributed by atoms with Crippen LogP contribution in [0.15, 0.2) is 48.5 Å². The number of benzene rings is 2. The molecule has 1 atom stereocenters. The Morgan fingerprint density at radius 3 is 2.37 bits per heavy atom. The van der Waals surface area contributed by atoms with E-state index in [-0.39, 0.29) is 17.8 Å². The normalized spacial score (nSPS) is 21.0. The van der Waals surface area contributed by atoms with Gasteiger partial charge in [-0.05, 0) is 36.8 Å². The second-order valence-electron chi connectivity index (χ2n) is 8.31. The highest BCUT2D eigenvalue weighted by Gasteiger charge is 2.26. The van der Waals surface area contributed by atoms with Crippen LogP contribution in [-0.4, -0.2) is 79.1 Å². The molecule has 5 nitrogen and oxygen atoms in total. The molecular weight excluding hydrogens is 381 g/mol. The third-order valence-corrected chi connectivity index (χ3v) is 5.96. The van der Waals surface area contributed by atoms with E-state index in [4.69, 9.17) is 4.74 Å². The maximum absolute atomic E-state index is 13.1. The van der Waals surface area contributed by atoms with Gasteiger partial charge in [0.2, 0.25) is 0 Å². The lowest BCUT2D eigenvalue weighted by atomic mass is 10.1. The average Bonchev–Trinajstić information content (AvgIpc) is 2.76. The van der Waals surface area contributed by atoms with Crippen LogP contribution in [0.25, 0.3) is 0 Å². The number of carbonyl (C=O) groups excluding carboxylic acids is 1. The molecule has 0 radical (unpaired) electrons. The van der Waals surface area contributed by atoms with Crippen molar-refractivity contribution in [3.8, 4) is 0 Å². The smallest absolute Gasteiger partial charge is 0.253 e. The summed E-state index contributed by atoms with van der Waals surface area (Å²) in [7, 11) is 0. The highest BCUT2D eigenvalue weighted by atomic mass is 19.1. The Kier molecular flexibility index (Phi) is 6.77. The Morgan fingerprint density at radius 2 is 1.67 bits per heavy atom. The van der Waals surface area contributed by atoms with Gasteiger partial charge in [-0.25, -0.2) is 4.39 Å². The Hall–Kier alpha value is -2.28. The van der Waals surface area contributed by atoms with Gasteiger partial charge in [-0.2, -0.15) is 0 Å². The van der Waals surface area contributed by atoms with Crippen LogP contribution in [0.2, 0.25) is 0 Å². The zero-order valence-corrected chi connectivity index (χ0v) is 17.6. The Morgan fingerprint density at radius 1 is 0.967 bits per heavy atom. The summed E-state index contributed by atoms with van der Waals surface area (Å²) in [5.74, 6) is -0.0763. The fraction of sp³-hybridized carbons (Fsp3) is 0.458. The van der Waals surface area contributed by atoms with Crippen LogP contribution < -0.4 is 0 Å². The standard InChI is InChI=1S/C24H30FN3O2/c1-19-2-6-21(7-3-19)24(29)28-12-10-26(11-13-28)17-23-18-27(14-15-30-23)16-20-4-8-22(25)9-5-20/h2-9,23H,10-18H2,1H3/t23-/m1/s1. The van der Waals surface area contributed by atoms with Gasteiger partial charge >= 0.3 is 0 Å². The van der Waals surface area contributed by atoms with Crippen LogP contribution in [0.4, 0.5) is 4.39 Å². The van der Waals surface area contributed by atoms with Crippen molar-refractivity contribution in [2.24, 2.45) is 0 Å². The number of ether oxygens (including phenoxy) is 1. The van der Waals surface area contributed by atoms with Crippen LogP contribution in [0.3, 0.4) is 0 Å². The highest BCUT2D eigenvalue weighted by molar-refractivity contribution is 5.94. The number of hydrogen-bond acceptors (Lipinski definition) is 4. The fourth-order valence-corrected chi connectivity index (χ4v) is 4.18. The predicted octanol–water partition coefficient (Wildman–Crippen LogP) is 2.79. The highest BCUT2D eigenvalue weighted by Crippen LogP contribution is 2.15. The van der Waals surface area contributed by atoms with Crippen LogP contribution >= 0.6 is 0 Å². The molecule has 4 rings (SSSR count). The summed E-state index contributed by atoms with van der Waals surface area (Å²) in [5, 5.41) is 0. The molecule has 2 heterocycles. The molecule has 2 fully saturated rings. The zero-order valence-electron chi connectivity index (χ0n) is 17.6. The van der Waals surface area contributed by atoms with Gasteiger partial charge in [0.25, 0.3) is 5.91 Å². The summed E-state index contributed by atoms with van der Waals surface area (Å²) < 4.78 is 19.1. The number of morpholine rings is 1. The van der Waals surface area contributed by atoms with Crippen LogP contribution in [0, 0.1) is 12.7 Å². The van der Waals surface area contributed by atoms with E-state index in [1.165, 1.54) is 12.1 Å². The Balaban J connectivity index is 1.24. The molecular formula is C24H30FN3O2. The van der Waals surface area contributed by atoms with Gasteiger partial charge in [-0.3, -0.25) is 14.6 Å². The van der Waals surface area contributed by atoms with Crippen molar-refractivity contribution >= 4 is 5.91 Å². The molecule has 0 aliphatic carbocycles. The van der Waals surface area contributed by atoms with E-state index in [9.17, 15) is 9.18 Å². The number of rotatable bonds is 5. The minimum atomic E-state index is -0.196. The summed E-state index contributed by atoms with van der Waals surface area (Å²) >= 11 is 0. The lowest BCUT2D eigenvalue weighted by molar-refractivity contribution is -0.0497. The predicted molar refractivity (Wildman–Crippen MR) is 115 cm³/mol. The monoisotopic (exact) mass is 411 g/mol. The molecule has 2 aliphatic heterocycles. The molecule has 1 amide bonds. The van der Waals surface area contributed by atoms with Crippen LogP contribution in [-0.2, 0) is 11.3 Å². The maximum Gasteiger partial charge on any atom is 0.253 e. The summed E-state index contributed by atoms with van der Waals surface area (Å²) in [4.78, 5) is 19.4. The van der Waals surface area contributed by atoms with Gasteiger partial charge in [0.1, 0.15) is 5.82 Å². The van der Waals surface area contributed by atoms with Gasteiger partial charge in [0, 0.05) is 57.9 Å². The number of halogens is 1. The summed E-state index contributed by atoms with van der Waals surface area (Å²) in [6.07, 6.45) is 0.165. The third-order valence-electron chi connectivity index (χ3n) is 5.96. The Bertz CT molecular complexity index is 833. The minimum Gasteiger partial charge on any atom is -0.374 e. The molecule has 2 aromatic rings. The van der Waals surface area contributed by atoms with Gasteiger partial charge < -0.3 is 9.64 Å². The molecule has 30 heavy (non-hydrogen) atoms. The van der Waals surface area contributed by atoms with Crippen LogP contribution in [0.1, 0.15) is 21.5 Å². The molecule has 2 aliphatic rings. The average molecular weight is 412 g/mol. The summed E-state index contributed by atoms with van der Waals surface area (Å²) in [6, 6.07) is 14.5. The minimum absolute atomic E-state index is 0.119. The largest absolute Gasteiger partial charge is 0.374 e. The molecule has 160 valence electrons. The van der Waals surface area contributed by atoms with Gasteiger partial charge in [-0.1, -0.05) is 29.8 Å². The quantitative estimate of drug-likeness (QED) is 0.758. The van der Waals surface area contributed by atoms with E-state index in [2.05, 4.69) is 9.80 Å². The molecule has 0 unspecified atom stereocenters. The van der Waals surface area contributed by atoms with Crippen molar-refractivity contribution in [1.29, 1.82) is 0 Å². The summed E-state index contributed by atoms with van der Waals surface area (Å²) in [6.45, 7) is 9.46. The zero-order chi connectivity index (χ0) is 20.9. The maximum atomic E-state index is 13.1. The van der Waals surface area contributed by atoms with Crippen molar-refractivity contribution < 1.29 is 13.9 Å². The first kappa shape index (κ1) is 21.0. The van der Waals surface area contributed by atoms with Crippen molar-refractivity contribution in [3.05, 3.63) is 71.0 Å². The molecule has 0 bridgehead atoms. The fourth-order valence-electron chi connectivity index (χ4n) is 4.18. The number of hydrogen-bond donors (Lipinski definition) is 0. The molecule has 6 heteroatoms. The molecule has 0 N–H and O–H groups in total. The molecule has 0 spiro atoms. The van der Waals surface area contributed by atoms with Gasteiger partial charge in [0.15, 0.2) is 0 Å². The lowest BCUT2D eigenvalue weighted by Gasteiger charge is -2.39. The first-order valence-corrected chi connectivity index (χ1v) is 10.7. The van der Waals surface area contributed by atoms with Crippen molar-refractivity contribution in [3.63, 3.8) is 0 Å². The van der Waals surface area contributed by atoms with E-state index in [0.717, 1.165) is 75.7 Å². The van der Waals surface area contributed by atoms with Crippen molar-refractivity contribution in [2.75, 3.05) is 52.4 Å². The third kappa shape index (κ3) is 5.45. The number of nitrogens with zero attached hydrogens (tertiary/aromatic N) is 3. The number of amides is 1. The number of piperazine rings is 1. The second-order valence-corrected chi connectivity index (χ2v) is 8.31. The molecule has 0 saturated carbocycles. The first-order valence-electron chi connectivity index (χ1n) is 10.7. The van der Waals surface area contributed by atoms with Crippen LogP contribution in [0.5, 0.6) is 0 Å². The SMILES string of the molecule is Cc1ccc(C(=O)N2CCN(C[C@@H]3CN(Cc4ccc(F)cc4)CCO3)CC2)cc1. The van der Waals surface area contributed by atoms with Gasteiger partial charge in [-0.15, -0.1) is 0 Å². The Labute approximate surface area is 178 Å². The lowest BCUT2D eigenvalue weighted by Crippen LogP contribution is -2.53. The van der Waals surface area contributed by atoms with E-state index < -0.39 is 0 Å². The van der Waals surface area contributed by atoms with E-state index >= 15 is 0 Å². The van der Waals surface area contributed by atoms with E-state index in [1.807, 2.05) is 48.2 Å². The molecule has 2 aromatic carbocycles. The van der Waals surface area contributed by atoms with E-state index in [0.29, 0.717) is 0 Å². The first-order chi connectivity index (χ1) is 14.6. The number of aryl methyl sites for hydroxylation is 1. The second kappa shape index (κ2) is 9.69. The van der Waals surface area contributed by atoms with Gasteiger partial charge in [0.05, 0.1) is 12.7 Å². The molecule has 0 aromatic heterocycles. The molecule has 2 saturated heterocycles. The van der Waals surface area contributed by atoms with Crippen molar-refractivity contribution in [2.45, 2.75) is 19.6 Å². The van der Waals surface area contributed by atoms with E-state index in [1.54, 1.807) is 0 Å². The number of carbonyl (C=O) groups is 1.